The number of carboxylic acids is 1. The van der Waals surface area contributed by atoms with Gasteiger partial charge in [-0.1, -0.05) is 0 Å². The molecule has 8 heteroatoms. The fourth-order valence-corrected chi connectivity index (χ4v) is 2.77. The standard InChI is InChI=1S/C10H7BrN2O4S/c11-5-1-6(18-4-5)2-7-9(16)13(3-8(14)15)10(17)12-7/h1-2,4H,3H2,(H,12,17)(H,14,15)/b7-2+. The Kier molecular flexibility index (Phi) is 3.48. The van der Waals surface area contributed by atoms with Crippen molar-refractivity contribution < 1.29 is 19.5 Å². The normalized spacial score (nSPS) is 17.4. The first kappa shape index (κ1) is 12.8. The summed E-state index contributed by atoms with van der Waals surface area (Å²) in [6, 6.07) is 1.07. The smallest absolute Gasteiger partial charge is 0.329 e. The first-order valence-corrected chi connectivity index (χ1v) is 6.45. The van der Waals surface area contributed by atoms with Crippen LogP contribution in [0, 0.1) is 0 Å². The van der Waals surface area contributed by atoms with Crippen molar-refractivity contribution in [1.29, 1.82) is 0 Å². The molecule has 2 heterocycles. The van der Waals surface area contributed by atoms with E-state index >= 15 is 0 Å². The number of aliphatic carboxylic acids is 1. The highest BCUT2D eigenvalue weighted by Gasteiger charge is 2.34. The molecule has 94 valence electrons. The highest BCUT2D eigenvalue weighted by atomic mass is 79.9. The minimum Gasteiger partial charge on any atom is -0.480 e. The van der Waals surface area contributed by atoms with Crippen molar-refractivity contribution in [2.45, 2.75) is 0 Å². The molecular formula is C10H7BrN2O4S. The minimum absolute atomic E-state index is 0.0793. The zero-order valence-corrected chi connectivity index (χ0v) is 11.2. The summed E-state index contributed by atoms with van der Waals surface area (Å²) in [5, 5.41) is 12.8. The Morgan fingerprint density at radius 2 is 2.28 bits per heavy atom. The zero-order valence-electron chi connectivity index (χ0n) is 8.84. The Morgan fingerprint density at radius 1 is 1.56 bits per heavy atom. The fraction of sp³-hybridized carbons (Fsp3) is 0.100. The number of carbonyl (C=O) groups is 3. The maximum Gasteiger partial charge on any atom is 0.329 e. The van der Waals surface area contributed by atoms with Gasteiger partial charge in [0.1, 0.15) is 12.2 Å². The predicted octanol–water partition coefficient (Wildman–Crippen LogP) is 1.49. The molecular weight excluding hydrogens is 324 g/mol. The molecule has 18 heavy (non-hydrogen) atoms. The molecule has 3 amide bonds. The summed E-state index contributed by atoms with van der Waals surface area (Å²) in [7, 11) is 0. The molecule has 0 unspecified atom stereocenters. The molecule has 1 aliphatic rings. The summed E-state index contributed by atoms with van der Waals surface area (Å²) in [6.45, 7) is -0.643. The molecule has 1 fully saturated rings. The maximum absolute atomic E-state index is 11.8. The molecule has 0 radical (unpaired) electrons. The van der Waals surface area contributed by atoms with E-state index in [1.165, 1.54) is 17.4 Å². The van der Waals surface area contributed by atoms with E-state index in [4.69, 9.17) is 5.11 Å². The number of hydrogen-bond acceptors (Lipinski definition) is 4. The molecule has 0 spiro atoms. The van der Waals surface area contributed by atoms with Gasteiger partial charge in [0.25, 0.3) is 5.91 Å². The SMILES string of the molecule is O=C(O)CN1C(=O)N/C(=C/c2cc(Br)cs2)C1=O. The molecule has 1 saturated heterocycles. The van der Waals surface area contributed by atoms with Gasteiger partial charge in [-0.2, -0.15) is 0 Å². The summed E-state index contributed by atoms with van der Waals surface area (Å²) in [5.74, 6) is -1.87. The van der Waals surface area contributed by atoms with E-state index in [2.05, 4.69) is 21.2 Å². The van der Waals surface area contributed by atoms with Crippen LogP contribution in [0.1, 0.15) is 4.88 Å². The first-order valence-electron chi connectivity index (χ1n) is 4.78. The number of nitrogens with zero attached hydrogens (tertiary/aromatic N) is 1. The number of urea groups is 1. The van der Waals surface area contributed by atoms with Crippen LogP contribution in [0.15, 0.2) is 21.6 Å². The van der Waals surface area contributed by atoms with E-state index in [0.717, 1.165) is 9.35 Å². The van der Waals surface area contributed by atoms with E-state index < -0.39 is 24.5 Å². The Bertz CT molecular complexity index is 566. The number of rotatable bonds is 3. The average Bonchev–Trinajstić information content (AvgIpc) is 2.78. The lowest BCUT2D eigenvalue weighted by Gasteiger charge is -2.06. The highest BCUT2D eigenvalue weighted by molar-refractivity contribution is 9.10. The van der Waals surface area contributed by atoms with Gasteiger partial charge in [0.15, 0.2) is 0 Å². The number of hydrogen-bond donors (Lipinski definition) is 2. The second-order valence-electron chi connectivity index (χ2n) is 3.44. The summed E-state index contributed by atoms with van der Waals surface area (Å²) < 4.78 is 0.874. The van der Waals surface area contributed by atoms with Crippen molar-refractivity contribution in [1.82, 2.24) is 10.2 Å². The number of halogens is 1. The summed E-state index contributed by atoms with van der Waals surface area (Å²) in [6.07, 6.45) is 1.51. The zero-order chi connectivity index (χ0) is 13.3. The molecule has 0 aliphatic carbocycles. The molecule has 1 aromatic heterocycles. The first-order chi connectivity index (χ1) is 8.47. The molecule has 0 aromatic carbocycles. The Morgan fingerprint density at radius 3 is 2.83 bits per heavy atom. The molecule has 0 bridgehead atoms. The van der Waals surface area contributed by atoms with Crippen LogP contribution in [0.25, 0.3) is 6.08 Å². The highest BCUT2D eigenvalue weighted by Crippen LogP contribution is 2.23. The minimum atomic E-state index is -1.24. The van der Waals surface area contributed by atoms with Gasteiger partial charge in [-0.05, 0) is 28.1 Å². The van der Waals surface area contributed by atoms with Gasteiger partial charge in [-0.3, -0.25) is 9.59 Å². The van der Waals surface area contributed by atoms with Crippen LogP contribution in [0.5, 0.6) is 0 Å². The van der Waals surface area contributed by atoms with Gasteiger partial charge in [-0.25, -0.2) is 9.69 Å². The van der Waals surface area contributed by atoms with Gasteiger partial charge in [0.05, 0.1) is 0 Å². The van der Waals surface area contributed by atoms with Crippen LogP contribution >= 0.6 is 27.3 Å². The van der Waals surface area contributed by atoms with Crippen LogP contribution in [0.2, 0.25) is 0 Å². The maximum atomic E-state index is 11.8. The van der Waals surface area contributed by atoms with Crippen molar-refractivity contribution >= 4 is 51.3 Å². The molecule has 1 aromatic rings. The van der Waals surface area contributed by atoms with Crippen LogP contribution in [-0.2, 0) is 9.59 Å². The largest absolute Gasteiger partial charge is 0.480 e. The third kappa shape index (κ3) is 2.59. The number of thiophene rings is 1. The molecule has 0 saturated carbocycles. The van der Waals surface area contributed by atoms with E-state index in [9.17, 15) is 14.4 Å². The van der Waals surface area contributed by atoms with Crippen molar-refractivity contribution in [3.8, 4) is 0 Å². The molecule has 0 atom stereocenters. The Labute approximate surface area is 114 Å². The Hall–Kier alpha value is -1.67. The molecule has 2 N–H and O–H groups in total. The second-order valence-corrected chi connectivity index (χ2v) is 5.30. The lowest BCUT2D eigenvalue weighted by molar-refractivity contribution is -0.140. The van der Waals surface area contributed by atoms with Crippen molar-refractivity contribution in [3.05, 3.63) is 26.5 Å². The van der Waals surface area contributed by atoms with Gasteiger partial charge >= 0.3 is 12.0 Å². The topological polar surface area (TPSA) is 86.7 Å². The lowest BCUT2D eigenvalue weighted by atomic mass is 10.3. The van der Waals surface area contributed by atoms with Crippen molar-refractivity contribution in [2.75, 3.05) is 6.54 Å². The molecule has 6 nitrogen and oxygen atoms in total. The van der Waals surface area contributed by atoms with Gasteiger partial charge in [-0.15, -0.1) is 11.3 Å². The van der Waals surface area contributed by atoms with Crippen LogP contribution in [-0.4, -0.2) is 34.5 Å². The summed E-state index contributed by atoms with van der Waals surface area (Å²) in [5.41, 5.74) is 0.0793. The van der Waals surface area contributed by atoms with Crippen molar-refractivity contribution in [2.24, 2.45) is 0 Å². The van der Waals surface area contributed by atoms with E-state index in [0.29, 0.717) is 4.90 Å². The lowest BCUT2D eigenvalue weighted by Crippen LogP contribution is -2.35. The quantitative estimate of drug-likeness (QED) is 0.649. The van der Waals surface area contributed by atoms with Crippen LogP contribution < -0.4 is 5.32 Å². The number of carboxylic acid groups (broad SMARTS) is 1. The van der Waals surface area contributed by atoms with Gasteiger partial charge in [0, 0.05) is 14.7 Å². The third-order valence-corrected chi connectivity index (χ3v) is 3.77. The van der Waals surface area contributed by atoms with Crippen LogP contribution in [0.4, 0.5) is 4.79 Å². The third-order valence-electron chi connectivity index (χ3n) is 2.13. The van der Waals surface area contributed by atoms with Crippen molar-refractivity contribution in [3.63, 3.8) is 0 Å². The summed E-state index contributed by atoms with van der Waals surface area (Å²) >= 11 is 4.67. The van der Waals surface area contributed by atoms with Gasteiger partial charge in [0.2, 0.25) is 0 Å². The molecule has 1 aliphatic heterocycles. The van der Waals surface area contributed by atoms with E-state index in [1.54, 1.807) is 6.07 Å². The predicted molar refractivity (Wildman–Crippen MR) is 67.9 cm³/mol. The van der Waals surface area contributed by atoms with E-state index in [-0.39, 0.29) is 5.70 Å². The monoisotopic (exact) mass is 330 g/mol. The molecule has 2 rings (SSSR count). The van der Waals surface area contributed by atoms with Gasteiger partial charge < -0.3 is 10.4 Å². The second kappa shape index (κ2) is 4.91. The fourth-order valence-electron chi connectivity index (χ4n) is 1.40. The van der Waals surface area contributed by atoms with Crippen LogP contribution in [0.3, 0.4) is 0 Å². The number of amides is 3. The Balaban J connectivity index is 2.22. The number of nitrogens with one attached hydrogen (secondary N) is 1. The number of imide groups is 1. The average molecular weight is 331 g/mol. The summed E-state index contributed by atoms with van der Waals surface area (Å²) in [4.78, 5) is 35.1. The van der Waals surface area contributed by atoms with E-state index in [1.807, 2.05) is 5.38 Å². The number of carbonyl (C=O) groups excluding carboxylic acids is 2.